The molecule has 13 aromatic rings. The van der Waals surface area contributed by atoms with Crippen LogP contribution < -0.4 is 29.3 Å². The lowest BCUT2D eigenvalue weighted by Gasteiger charge is -2.06. The molecule has 0 fully saturated rings. The van der Waals surface area contributed by atoms with Gasteiger partial charge in [0, 0.05) is 50.4 Å². The first kappa shape index (κ1) is 70.4. The number of carbonyl (C=O) groups excluding carboxylic acids is 1. The normalized spacial score (nSPS) is 10.4. The molecule has 0 radical (unpaired) electrons. The number of fused-ring (bicyclic) bond motifs is 4. The number of rotatable bonds is 8. The number of carbonyl (C=O) groups is 1. The Bertz CT molecular complexity index is 4030. The van der Waals surface area contributed by atoms with E-state index in [0.717, 1.165) is 78.2 Å². The first-order valence-corrected chi connectivity index (χ1v) is 28.4. The topological polar surface area (TPSA) is 345 Å². The number of nitrogen functional groups attached to an aromatic ring is 1. The number of para-hydroxylation sites is 8. The molecule has 1 atom stereocenters. The number of nitrogens with zero attached hydrogens (tertiary/aromatic N) is 12. The average Bonchev–Trinajstić information content (AvgIpc) is 2.87. The van der Waals surface area contributed by atoms with E-state index in [0.29, 0.717) is 40.0 Å². The molecule has 0 spiro atoms. The van der Waals surface area contributed by atoms with Crippen LogP contribution in [0.4, 0.5) is 5.82 Å². The van der Waals surface area contributed by atoms with Crippen LogP contribution in [0.1, 0.15) is 31.2 Å². The summed E-state index contributed by atoms with van der Waals surface area (Å²) in [7, 11) is 1.52. The fourth-order valence-corrected chi connectivity index (χ4v) is 8.44. The maximum absolute atomic E-state index is 10.4. The molecule has 7 aromatic carbocycles. The molecule has 89 heavy (non-hydrogen) atoms. The van der Waals surface area contributed by atoms with Crippen LogP contribution >= 0.6 is 46.4 Å². The highest BCUT2D eigenvalue weighted by Crippen LogP contribution is 2.26. The van der Waals surface area contributed by atoms with E-state index < -0.39 is 6.10 Å². The number of anilines is 1. The SMILES string of the molecule is CCO.CCO.COC(C=O)c1ccccc1.Clc1nc2ccccc2nc1-n1cc(-c2ccccc2)cn1.Clc1nc2ccccc2nc1Cl.N.NCc1nc2ccccc2nc1Cl.NN.Nc1nc2ccccc2nc1-n1cc(-c2ccccc2)cn1. The molecule has 0 aliphatic carbocycles. The Labute approximate surface area is 533 Å². The molecule has 13 N–H and O–H groups in total. The fraction of sp³-hybridized carbons (Fsp3) is 0.109. The smallest absolute Gasteiger partial charge is 0.197 e. The highest BCUT2D eigenvalue weighted by Gasteiger charge is 2.13. The minimum absolute atomic E-state index is 0. The molecule has 13 rings (SSSR count). The van der Waals surface area contributed by atoms with Crippen molar-refractivity contribution in [2.45, 2.75) is 26.5 Å². The zero-order valence-corrected chi connectivity index (χ0v) is 51.6. The summed E-state index contributed by atoms with van der Waals surface area (Å²) in [6, 6.07) is 59.8. The summed E-state index contributed by atoms with van der Waals surface area (Å²) in [4.78, 5) is 44.8. The van der Waals surface area contributed by atoms with Gasteiger partial charge < -0.3 is 37.4 Å². The van der Waals surface area contributed by atoms with Gasteiger partial charge in [-0.25, -0.2) is 49.2 Å². The summed E-state index contributed by atoms with van der Waals surface area (Å²) in [5, 5.41) is 25.1. The minimum atomic E-state index is -0.420. The van der Waals surface area contributed by atoms with Gasteiger partial charge >= 0.3 is 0 Å². The second kappa shape index (κ2) is 37.4. The standard InChI is InChI=1S/C17H11ClN4.C17H13N5.C9H8ClN3.C9H10O2.C8H4Cl2N2.2C2H6O.H4N2.H3N/c2*18-16-17(21-15-9-5-4-8-14(15)20-16)22-11-13(10-19-22)12-6-2-1-3-7-12;10-9-8(5-11)12-6-3-1-2-4-7(6)13-9;1-11-9(7-10)8-5-3-2-4-6-8;9-7-8(10)12-6-4-2-1-3-5(6)11-7;2*1-2-3;1-2;/h1-11H;1-11H,(H2,18,20);1-4H,5,11H2;2-7,9H,1H3;1-4H;2*3H,2H2,1H3;1-2H2;1H3. The fourth-order valence-electron chi connectivity index (χ4n) is 7.74. The van der Waals surface area contributed by atoms with E-state index in [4.69, 9.17) is 72.8 Å². The minimum Gasteiger partial charge on any atom is -0.397 e. The number of benzene rings is 7. The van der Waals surface area contributed by atoms with Crippen molar-refractivity contribution in [3.63, 3.8) is 0 Å². The lowest BCUT2D eigenvalue weighted by atomic mass is 10.1. The number of hydrazine groups is 1. The number of aromatic nitrogens is 12. The molecular weight excluding hydrogens is 1210 g/mol. The van der Waals surface area contributed by atoms with Crippen LogP contribution in [0.5, 0.6) is 0 Å². The highest BCUT2D eigenvalue weighted by molar-refractivity contribution is 6.40. The van der Waals surface area contributed by atoms with Gasteiger partial charge in [-0.15, -0.1) is 0 Å². The molecule has 0 saturated carbocycles. The van der Waals surface area contributed by atoms with Crippen LogP contribution in [0.15, 0.2) is 213 Å². The second-order valence-corrected chi connectivity index (χ2v) is 19.0. The van der Waals surface area contributed by atoms with E-state index in [1.165, 1.54) is 7.11 Å². The molecule has 0 aliphatic heterocycles. The largest absolute Gasteiger partial charge is 0.397 e. The molecular formula is C64H65Cl4N17O4. The number of methoxy groups -OCH3 is 1. The van der Waals surface area contributed by atoms with Gasteiger partial charge in [-0.3, -0.25) is 11.7 Å². The van der Waals surface area contributed by atoms with E-state index in [-0.39, 0.29) is 29.7 Å². The molecule has 458 valence electrons. The summed E-state index contributed by atoms with van der Waals surface area (Å²) in [6.07, 6.45) is 7.77. The summed E-state index contributed by atoms with van der Waals surface area (Å²) < 4.78 is 8.24. The summed E-state index contributed by atoms with van der Waals surface area (Å²) in [5.74, 6) is 9.44. The molecule has 6 aromatic heterocycles. The van der Waals surface area contributed by atoms with Crippen molar-refractivity contribution in [2.24, 2.45) is 17.4 Å². The number of aliphatic hydroxyl groups excluding tert-OH is 2. The summed E-state index contributed by atoms with van der Waals surface area (Å²) in [6.45, 7) is 4.18. The van der Waals surface area contributed by atoms with Crippen molar-refractivity contribution in [1.29, 1.82) is 0 Å². The van der Waals surface area contributed by atoms with Crippen LogP contribution in [0, 0.1) is 0 Å². The monoisotopic (exact) mass is 1280 g/mol. The van der Waals surface area contributed by atoms with E-state index in [1.807, 2.05) is 200 Å². The lowest BCUT2D eigenvalue weighted by molar-refractivity contribution is -0.116. The van der Waals surface area contributed by atoms with Crippen molar-refractivity contribution >= 4 is 103 Å². The Morgan fingerprint density at radius 3 is 1.16 bits per heavy atom. The van der Waals surface area contributed by atoms with Gasteiger partial charge in [-0.05, 0) is 79.1 Å². The highest BCUT2D eigenvalue weighted by atomic mass is 35.5. The summed E-state index contributed by atoms with van der Waals surface area (Å²) in [5.41, 5.74) is 23.5. The zero-order chi connectivity index (χ0) is 63.2. The third kappa shape index (κ3) is 20.4. The Hall–Kier alpha value is -9.33. The van der Waals surface area contributed by atoms with Gasteiger partial charge in [0.2, 0.25) is 0 Å². The van der Waals surface area contributed by atoms with E-state index in [9.17, 15) is 4.79 Å². The van der Waals surface area contributed by atoms with Gasteiger partial charge in [0.05, 0.1) is 62.2 Å². The Kier molecular flexibility index (Phi) is 29.6. The van der Waals surface area contributed by atoms with E-state index >= 15 is 0 Å². The van der Waals surface area contributed by atoms with Crippen LogP contribution in [0.3, 0.4) is 0 Å². The van der Waals surface area contributed by atoms with Gasteiger partial charge in [-0.1, -0.05) is 186 Å². The number of nitrogens with two attached hydrogens (primary N) is 4. The molecule has 0 bridgehead atoms. The summed E-state index contributed by atoms with van der Waals surface area (Å²) >= 11 is 23.5. The average molecular weight is 1280 g/mol. The van der Waals surface area contributed by atoms with Gasteiger partial charge in [-0.2, -0.15) is 10.2 Å². The quantitative estimate of drug-likeness (QED) is 0.0422. The van der Waals surface area contributed by atoms with Crippen molar-refractivity contribution in [3.05, 3.63) is 245 Å². The van der Waals surface area contributed by atoms with Crippen molar-refractivity contribution in [2.75, 3.05) is 26.1 Å². The Morgan fingerprint density at radius 2 is 0.775 bits per heavy atom. The van der Waals surface area contributed by atoms with Crippen LogP contribution in [0.25, 0.3) is 78.0 Å². The third-order valence-electron chi connectivity index (χ3n) is 11.7. The van der Waals surface area contributed by atoms with Gasteiger partial charge in [0.25, 0.3) is 0 Å². The molecule has 0 aliphatic rings. The number of halogens is 4. The second-order valence-electron chi connectivity index (χ2n) is 17.6. The Balaban J connectivity index is 0.000000201. The van der Waals surface area contributed by atoms with Crippen LogP contribution in [-0.2, 0) is 16.1 Å². The lowest BCUT2D eigenvalue weighted by Crippen LogP contribution is -2.05. The molecule has 25 heteroatoms. The van der Waals surface area contributed by atoms with Crippen LogP contribution in [-0.4, -0.2) is 96.3 Å². The van der Waals surface area contributed by atoms with Crippen LogP contribution in [0.2, 0.25) is 20.6 Å². The predicted molar refractivity (Wildman–Crippen MR) is 357 cm³/mol. The molecule has 1 unspecified atom stereocenters. The number of hydrogen-bond acceptors (Lipinski definition) is 19. The maximum Gasteiger partial charge on any atom is 0.197 e. The first-order valence-electron chi connectivity index (χ1n) is 26.8. The number of ether oxygens (including phenoxy) is 1. The predicted octanol–water partition coefficient (Wildman–Crippen LogP) is 12.4. The number of aliphatic hydroxyl groups is 2. The van der Waals surface area contributed by atoms with Gasteiger partial charge in [0.1, 0.15) is 6.10 Å². The molecule has 6 heterocycles. The molecule has 21 nitrogen and oxygen atoms in total. The van der Waals surface area contributed by atoms with Gasteiger partial charge in [0.15, 0.2) is 44.4 Å². The third-order valence-corrected chi connectivity index (χ3v) is 12.9. The molecule has 0 amide bonds. The van der Waals surface area contributed by atoms with Crippen molar-refractivity contribution in [3.8, 4) is 33.9 Å². The number of aldehydes is 1. The zero-order valence-electron chi connectivity index (χ0n) is 48.6. The number of hydrogen-bond donors (Lipinski definition) is 7. The van der Waals surface area contributed by atoms with E-state index in [2.05, 4.69) is 61.8 Å². The Morgan fingerprint density at radius 1 is 0.461 bits per heavy atom. The molecule has 0 saturated heterocycles. The van der Waals surface area contributed by atoms with Crippen molar-refractivity contribution in [1.82, 2.24) is 65.6 Å². The van der Waals surface area contributed by atoms with Crippen molar-refractivity contribution < 1.29 is 19.7 Å². The van der Waals surface area contributed by atoms with E-state index in [1.54, 1.807) is 35.6 Å². The first-order chi connectivity index (χ1) is 42.9. The maximum atomic E-state index is 10.4.